The number of fused-ring (bicyclic) bond motifs is 1. The predicted octanol–water partition coefficient (Wildman–Crippen LogP) is 8.22. The maximum atomic E-state index is 14.1. The molecule has 0 spiro atoms. The van der Waals surface area contributed by atoms with E-state index in [1.54, 1.807) is 33.0 Å². The Labute approximate surface area is 320 Å². The van der Waals surface area contributed by atoms with E-state index >= 15 is 0 Å². The molecule has 2 N–H and O–H groups in total. The van der Waals surface area contributed by atoms with Crippen LogP contribution in [0.1, 0.15) is 73.3 Å². The molecule has 0 saturated carbocycles. The highest BCUT2D eigenvalue weighted by molar-refractivity contribution is 6.02. The largest absolute Gasteiger partial charge is 0.480 e. The number of aromatic nitrogens is 3. The van der Waals surface area contributed by atoms with E-state index < -0.39 is 34.8 Å². The van der Waals surface area contributed by atoms with Crippen molar-refractivity contribution in [2.45, 2.75) is 70.2 Å². The Kier molecular flexibility index (Phi) is 9.77. The minimum absolute atomic E-state index is 0.0150. The number of pyridine rings is 1. The number of carbonyl (C=O) groups excluding carboxylic acids is 2. The maximum absolute atomic E-state index is 14.1. The number of aliphatic carboxylic acids is 1. The van der Waals surface area contributed by atoms with Crippen molar-refractivity contribution in [3.63, 3.8) is 0 Å². The van der Waals surface area contributed by atoms with Gasteiger partial charge in [0, 0.05) is 41.0 Å². The van der Waals surface area contributed by atoms with Crippen LogP contribution in [0.15, 0.2) is 128 Å². The molecule has 4 aromatic carbocycles. The molecule has 2 aromatic heterocycles. The highest BCUT2D eigenvalue weighted by Gasteiger charge is 2.48. The van der Waals surface area contributed by atoms with Crippen molar-refractivity contribution in [1.82, 2.24) is 25.0 Å². The van der Waals surface area contributed by atoms with E-state index in [4.69, 9.17) is 9.84 Å². The Balaban J connectivity index is 1.36. The van der Waals surface area contributed by atoms with Crippen LogP contribution in [0.5, 0.6) is 0 Å². The third kappa shape index (κ3) is 6.96. The van der Waals surface area contributed by atoms with E-state index in [-0.39, 0.29) is 18.9 Å². The summed E-state index contributed by atoms with van der Waals surface area (Å²) in [7, 11) is 0. The van der Waals surface area contributed by atoms with Crippen molar-refractivity contribution in [1.29, 1.82) is 0 Å². The topological polar surface area (TPSA) is 127 Å². The first-order valence-electron chi connectivity index (χ1n) is 18.5. The number of amides is 2. The number of aryl methyl sites for hydroxylation is 1. The van der Waals surface area contributed by atoms with Crippen molar-refractivity contribution in [3.8, 4) is 11.3 Å². The zero-order valence-corrected chi connectivity index (χ0v) is 31.7. The van der Waals surface area contributed by atoms with Crippen molar-refractivity contribution < 1.29 is 24.2 Å². The minimum Gasteiger partial charge on any atom is -0.480 e. The summed E-state index contributed by atoms with van der Waals surface area (Å²) in [5.41, 5.74) is 3.41. The maximum Gasteiger partial charge on any atom is 0.411 e. The number of piperidine rings is 1. The Morgan fingerprint density at radius 3 is 1.95 bits per heavy atom. The molecular formula is C45H45N5O5. The van der Waals surface area contributed by atoms with Crippen LogP contribution < -0.4 is 5.32 Å². The molecule has 55 heavy (non-hydrogen) atoms. The van der Waals surface area contributed by atoms with Crippen LogP contribution in [0.25, 0.3) is 22.2 Å². The Morgan fingerprint density at radius 2 is 1.42 bits per heavy atom. The molecule has 3 heterocycles. The Bertz CT molecular complexity index is 2260. The van der Waals surface area contributed by atoms with Crippen molar-refractivity contribution in [2.75, 3.05) is 6.54 Å². The van der Waals surface area contributed by atoms with E-state index in [1.807, 2.05) is 85.8 Å². The zero-order chi connectivity index (χ0) is 39.0. The number of nitrogens with zero attached hydrogens (tertiary/aromatic N) is 4. The average Bonchev–Trinajstić information content (AvgIpc) is 3.55. The van der Waals surface area contributed by atoms with Crippen LogP contribution in [-0.4, -0.2) is 66.5 Å². The molecule has 0 radical (unpaired) electrons. The summed E-state index contributed by atoms with van der Waals surface area (Å²) in [4.78, 5) is 45.5. The molecule has 10 nitrogen and oxygen atoms in total. The van der Waals surface area contributed by atoms with Crippen LogP contribution >= 0.6 is 0 Å². The van der Waals surface area contributed by atoms with Gasteiger partial charge in [0.25, 0.3) is 5.91 Å². The van der Waals surface area contributed by atoms with Gasteiger partial charge >= 0.3 is 12.1 Å². The third-order valence-electron chi connectivity index (χ3n) is 10.4. The zero-order valence-electron chi connectivity index (χ0n) is 31.7. The normalized spacial score (nSPS) is 17.5. The molecule has 2 atom stereocenters. The molecule has 0 aliphatic carbocycles. The number of likely N-dealkylation sites (tertiary alicyclic amines) is 1. The first-order valence-corrected chi connectivity index (χ1v) is 18.5. The summed E-state index contributed by atoms with van der Waals surface area (Å²) in [6.45, 7) is 8.63. The molecule has 10 heteroatoms. The first-order chi connectivity index (χ1) is 26.3. The number of rotatable bonds is 8. The van der Waals surface area contributed by atoms with E-state index in [1.165, 1.54) is 11.8 Å². The minimum atomic E-state index is -1.47. The van der Waals surface area contributed by atoms with Crippen LogP contribution in [0.4, 0.5) is 4.79 Å². The van der Waals surface area contributed by atoms with Crippen LogP contribution in [0.2, 0.25) is 0 Å². The van der Waals surface area contributed by atoms with Crippen LogP contribution in [0.3, 0.4) is 0 Å². The number of benzene rings is 4. The molecule has 0 unspecified atom stereocenters. The first kappa shape index (κ1) is 37.0. The summed E-state index contributed by atoms with van der Waals surface area (Å²) in [5.74, 6) is -1.47. The molecule has 0 bridgehead atoms. The Morgan fingerprint density at radius 1 is 0.836 bits per heavy atom. The van der Waals surface area contributed by atoms with Gasteiger partial charge in [-0.1, -0.05) is 91.0 Å². The SMILES string of the molecule is Cc1cc(-c2nn(C(c3ccccc3)(c3ccccc3)c3ccccc3)c3ccc(C(=O)N[C@@H]4CC[C@@](C)(C(=O)O)N(C(=O)OC(C)(C)C)C4)cc23)ccn1. The van der Waals surface area contributed by atoms with Gasteiger partial charge in [0.1, 0.15) is 22.4 Å². The van der Waals surface area contributed by atoms with Gasteiger partial charge in [0.15, 0.2) is 0 Å². The Hall–Kier alpha value is -6.29. The lowest BCUT2D eigenvalue weighted by Crippen LogP contribution is -2.63. The lowest BCUT2D eigenvalue weighted by Gasteiger charge is -2.44. The van der Waals surface area contributed by atoms with Gasteiger partial charge in [-0.3, -0.25) is 14.7 Å². The van der Waals surface area contributed by atoms with Crippen LogP contribution in [-0.2, 0) is 15.1 Å². The quantitative estimate of drug-likeness (QED) is 0.151. The van der Waals surface area contributed by atoms with Crippen molar-refractivity contribution in [2.24, 2.45) is 0 Å². The van der Waals surface area contributed by atoms with Gasteiger partial charge in [-0.05, 0) is 94.5 Å². The fraction of sp³-hybridized carbons (Fsp3) is 0.267. The molecule has 6 aromatic rings. The predicted molar refractivity (Wildman–Crippen MR) is 212 cm³/mol. The molecule has 1 aliphatic heterocycles. The molecule has 280 valence electrons. The molecule has 7 rings (SSSR count). The fourth-order valence-corrected chi connectivity index (χ4v) is 7.63. The standard InChI is InChI=1S/C45H45N5O5/c1-30-27-31(24-26-46-30)39-37-28-32(40(51)47-36-23-25-44(5,41(52)53)49(29-36)42(54)55-43(2,3)4)21-22-38(37)50(48-39)45(33-15-9-6-10-16-33,34-17-11-7-12-18-34)35-19-13-8-14-20-35/h6-22,24,26-28,36H,23,25,29H2,1-5H3,(H,47,51)(H,52,53)/t36-,44+/m1/s1. The third-order valence-corrected chi connectivity index (χ3v) is 10.4. The lowest BCUT2D eigenvalue weighted by atomic mass is 9.77. The van der Waals surface area contributed by atoms with Gasteiger partial charge in [-0.25, -0.2) is 14.3 Å². The number of hydrogen-bond acceptors (Lipinski definition) is 6. The highest BCUT2D eigenvalue weighted by Crippen LogP contribution is 2.44. The number of ether oxygens (including phenoxy) is 1. The summed E-state index contributed by atoms with van der Waals surface area (Å²) < 4.78 is 7.67. The van der Waals surface area contributed by atoms with E-state index in [0.29, 0.717) is 17.7 Å². The smallest absolute Gasteiger partial charge is 0.411 e. The van der Waals surface area contributed by atoms with Gasteiger partial charge in [-0.15, -0.1) is 0 Å². The van der Waals surface area contributed by atoms with Crippen molar-refractivity contribution in [3.05, 3.63) is 155 Å². The number of carbonyl (C=O) groups is 3. The summed E-state index contributed by atoms with van der Waals surface area (Å²) >= 11 is 0. The van der Waals surface area contributed by atoms with Gasteiger partial charge in [0.05, 0.1) is 5.52 Å². The highest BCUT2D eigenvalue weighted by atomic mass is 16.6. The second-order valence-corrected chi connectivity index (χ2v) is 15.4. The number of nitrogens with one attached hydrogen (secondary N) is 1. The molecule has 2 amide bonds. The molecule has 1 saturated heterocycles. The van der Waals surface area contributed by atoms with Crippen LogP contribution in [0, 0.1) is 6.92 Å². The number of carboxylic acid groups (broad SMARTS) is 1. The van der Waals surface area contributed by atoms with Gasteiger partial charge < -0.3 is 15.2 Å². The van der Waals surface area contributed by atoms with Gasteiger partial charge in [0.2, 0.25) is 0 Å². The lowest BCUT2D eigenvalue weighted by molar-refractivity contribution is -0.152. The molecule has 1 aliphatic rings. The summed E-state index contributed by atoms with van der Waals surface area (Å²) in [5, 5.41) is 19.4. The van der Waals surface area contributed by atoms with E-state index in [0.717, 1.165) is 38.9 Å². The second kappa shape index (κ2) is 14.5. The fourth-order valence-electron chi connectivity index (χ4n) is 7.63. The average molecular weight is 736 g/mol. The second-order valence-electron chi connectivity index (χ2n) is 15.4. The molecule has 1 fully saturated rings. The monoisotopic (exact) mass is 735 g/mol. The van der Waals surface area contributed by atoms with E-state index in [9.17, 15) is 19.5 Å². The molecular weight excluding hydrogens is 691 g/mol. The van der Waals surface area contributed by atoms with Crippen molar-refractivity contribution >= 4 is 28.9 Å². The van der Waals surface area contributed by atoms with Gasteiger partial charge in [-0.2, -0.15) is 5.10 Å². The number of carboxylic acids is 1. The van der Waals surface area contributed by atoms with E-state index in [2.05, 4.69) is 51.4 Å². The number of hydrogen-bond donors (Lipinski definition) is 2. The summed E-state index contributed by atoms with van der Waals surface area (Å²) in [6.07, 6.45) is 1.53. The summed E-state index contributed by atoms with van der Waals surface area (Å²) in [6, 6.07) is 39.9.